The van der Waals surface area contributed by atoms with Crippen LogP contribution in [0.3, 0.4) is 0 Å². The fourth-order valence-electron chi connectivity index (χ4n) is 1.82. The highest BCUT2D eigenvalue weighted by atomic mass is 16.5. The smallest absolute Gasteiger partial charge is 0.249 e. The molecule has 1 aromatic heterocycles. The van der Waals surface area contributed by atoms with Gasteiger partial charge in [-0.05, 0) is 12.8 Å². The molecule has 0 spiro atoms. The van der Waals surface area contributed by atoms with Crippen LogP contribution in [-0.2, 0) is 11.2 Å². The third-order valence-electron chi connectivity index (χ3n) is 2.74. The van der Waals surface area contributed by atoms with Gasteiger partial charge in [-0.15, -0.1) is 0 Å². The highest BCUT2D eigenvalue weighted by Crippen LogP contribution is 2.29. The van der Waals surface area contributed by atoms with Crippen LogP contribution < -0.4 is 0 Å². The maximum Gasteiger partial charge on any atom is 0.249 e. The zero-order chi connectivity index (χ0) is 10.8. The van der Waals surface area contributed by atoms with Gasteiger partial charge in [0.25, 0.3) is 0 Å². The van der Waals surface area contributed by atoms with Gasteiger partial charge in [-0.3, -0.25) is 4.79 Å². The van der Waals surface area contributed by atoms with Gasteiger partial charge in [0.2, 0.25) is 11.8 Å². The standard InChI is InChI=1S/C10H15N3O2/c1-3-4-8-11-10(15-12-8)7-5-6-9(14)13(7)2/h7H,3-6H2,1-2H3/t7-/m1/s1. The monoisotopic (exact) mass is 209 g/mol. The first-order valence-electron chi connectivity index (χ1n) is 5.30. The van der Waals surface area contributed by atoms with Gasteiger partial charge in [-0.25, -0.2) is 0 Å². The molecule has 1 aromatic rings. The van der Waals surface area contributed by atoms with Crippen molar-refractivity contribution in [1.82, 2.24) is 15.0 Å². The molecule has 5 heteroatoms. The summed E-state index contributed by atoms with van der Waals surface area (Å²) in [5, 5.41) is 3.89. The summed E-state index contributed by atoms with van der Waals surface area (Å²) in [7, 11) is 1.78. The van der Waals surface area contributed by atoms with E-state index in [1.54, 1.807) is 11.9 Å². The second-order valence-electron chi connectivity index (χ2n) is 3.86. The third kappa shape index (κ3) is 1.86. The summed E-state index contributed by atoms with van der Waals surface area (Å²) in [5.74, 6) is 1.46. The van der Waals surface area contributed by atoms with Crippen molar-refractivity contribution in [3.63, 3.8) is 0 Å². The predicted octanol–water partition coefficient (Wildman–Crippen LogP) is 1.32. The molecular weight excluding hydrogens is 194 g/mol. The Morgan fingerprint density at radius 1 is 1.60 bits per heavy atom. The number of likely N-dealkylation sites (tertiary alicyclic amines) is 1. The highest BCUT2D eigenvalue weighted by Gasteiger charge is 2.32. The number of rotatable bonds is 3. The minimum atomic E-state index is -0.0180. The zero-order valence-corrected chi connectivity index (χ0v) is 9.06. The Balaban J connectivity index is 2.12. The highest BCUT2D eigenvalue weighted by molar-refractivity contribution is 5.78. The molecule has 2 heterocycles. The topological polar surface area (TPSA) is 59.2 Å². The third-order valence-corrected chi connectivity index (χ3v) is 2.74. The predicted molar refractivity (Wildman–Crippen MR) is 53.0 cm³/mol. The van der Waals surface area contributed by atoms with Gasteiger partial charge in [-0.1, -0.05) is 12.1 Å². The SMILES string of the molecule is CCCc1noc([C@H]2CCC(=O)N2C)n1. The number of carbonyl (C=O) groups excluding carboxylic acids is 1. The minimum Gasteiger partial charge on any atom is -0.337 e. The maximum atomic E-state index is 11.3. The Labute approximate surface area is 88.5 Å². The molecule has 1 aliphatic heterocycles. The first-order chi connectivity index (χ1) is 7.22. The molecule has 0 radical (unpaired) electrons. The first-order valence-corrected chi connectivity index (χ1v) is 5.30. The van der Waals surface area contributed by atoms with Gasteiger partial charge in [0, 0.05) is 19.9 Å². The molecule has 0 saturated carbocycles. The maximum absolute atomic E-state index is 11.3. The van der Waals surface area contributed by atoms with Crippen molar-refractivity contribution in [2.45, 2.75) is 38.6 Å². The molecule has 0 aliphatic carbocycles. The van der Waals surface area contributed by atoms with Gasteiger partial charge >= 0.3 is 0 Å². The van der Waals surface area contributed by atoms with Crippen LogP contribution >= 0.6 is 0 Å². The lowest BCUT2D eigenvalue weighted by Crippen LogP contribution is -2.22. The van der Waals surface area contributed by atoms with Crippen LogP contribution in [0.4, 0.5) is 0 Å². The largest absolute Gasteiger partial charge is 0.337 e. The fraction of sp³-hybridized carbons (Fsp3) is 0.700. The normalized spacial score (nSPS) is 21.3. The van der Waals surface area contributed by atoms with E-state index >= 15 is 0 Å². The second-order valence-corrected chi connectivity index (χ2v) is 3.86. The molecular formula is C10H15N3O2. The molecule has 1 saturated heterocycles. The summed E-state index contributed by atoms with van der Waals surface area (Å²) in [6.07, 6.45) is 3.18. The Morgan fingerprint density at radius 3 is 3.00 bits per heavy atom. The number of aryl methyl sites for hydroxylation is 1. The summed E-state index contributed by atoms with van der Waals surface area (Å²) in [6.45, 7) is 2.07. The molecule has 5 nitrogen and oxygen atoms in total. The summed E-state index contributed by atoms with van der Waals surface area (Å²) in [6, 6.07) is -0.0180. The average molecular weight is 209 g/mol. The molecule has 15 heavy (non-hydrogen) atoms. The molecule has 1 amide bonds. The number of hydrogen-bond donors (Lipinski definition) is 0. The Morgan fingerprint density at radius 2 is 2.40 bits per heavy atom. The molecule has 0 N–H and O–H groups in total. The van der Waals surface area contributed by atoms with E-state index in [9.17, 15) is 4.79 Å². The van der Waals surface area contributed by atoms with E-state index in [2.05, 4.69) is 17.1 Å². The van der Waals surface area contributed by atoms with Crippen molar-refractivity contribution < 1.29 is 9.32 Å². The van der Waals surface area contributed by atoms with E-state index in [-0.39, 0.29) is 11.9 Å². The van der Waals surface area contributed by atoms with E-state index in [0.29, 0.717) is 12.3 Å². The number of nitrogens with zero attached hydrogens (tertiary/aromatic N) is 3. The Kier molecular flexibility index (Phi) is 2.70. The number of hydrogen-bond acceptors (Lipinski definition) is 4. The van der Waals surface area contributed by atoms with E-state index in [1.165, 1.54) is 0 Å². The van der Waals surface area contributed by atoms with Gasteiger partial charge in [0.15, 0.2) is 5.82 Å². The van der Waals surface area contributed by atoms with E-state index in [4.69, 9.17) is 4.52 Å². The lowest BCUT2D eigenvalue weighted by atomic mass is 10.2. The van der Waals surface area contributed by atoms with Crippen molar-refractivity contribution in [3.05, 3.63) is 11.7 Å². The molecule has 2 rings (SSSR count). The molecule has 82 valence electrons. The Hall–Kier alpha value is -1.39. The lowest BCUT2D eigenvalue weighted by molar-refractivity contribution is -0.127. The van der Waals surface area contributed by atoms with E-state index in [1.807, 2.05) is 0 Å². The van der Waals surface area contributed by atoms with Gasteiger partial charge < -0.3 is 9.42 Å². The molecule has 0 unspecified atom stereocenters. The number of aromatic nitrogens is 2. The van der Waals surface area contributed by atoms with Gasteiger partial charge in [0.05, 0.1) is 0 Å². The summed E-state index contributed by atoms with van der Waals surface area (Å²) < 4.78 is 5.16. The molecule has 1 fully saturated rings. The molecule has 0 bridgehead atoms. The minimum absolute atomic E-state index is 0.0180. The molecule has 1 atom stereocenters. The quantitative estimate of drug-likeness (QED) is 0.753. The average Bonchev–Trinajstić information content (AvgIpc) is 2.77. The van der Waals surface area contributed by atoms with E-state index in [0.717, 1.165) is 25.1 Å². The van der Waals surface area contributed by atoms with Crippen LogP contribution in [0.5, 0.6) is 0 Å². The van der Waals surface area contributed by atoms with Crippen LogP contribution in [0.25, 0.3) is 0 Å². The van der Waals surface area contributed by atoms with Crippen molar-refractivity contribution in [1.29, 1.82) is 0 Å². The van der Waals surface area contributed by atoms with Crippen LogP contribution in [-0.4, -0.2) is 28.0 Å². The zero-order valence-electron chi connectivity index (χ0n) is 9.06. The van der Waals surface area contributed by atoms with E-state index < -0.39 is 0 Å². The fourth-order valence-corrected chi connectivity index (χ4v) is 1.82. The first kappa shape index (κ1) is 10.1. The van der Waals surface area contributed by atoms with Crippen LogP contribution in [0.2, 0.25) is 0 Å². The van der Waals surface area contributed by atoms with Crippen LogP contribution in [0.15, 0.2) is 4.52 Å². The van der Waals surface area contributed by atoms with Crippen molar-refractivity contribution in [2.24, 2.45) is 0 Å². The summed E-state index contributed by atoms with van der Waals surface area (Å²) >= 11 is 0. The number of carbonyl (C=O) groups is 1. The molecule has 1 aliphatic rings. The van der Waals surface area contributed by atoms with Crippen molar-refractivity contribution >= 4 is 5.91 Å². The van der Waals surface area contributed by atoms with Gasteiger partial charge in [0.1, 0.15) is 6.04 Å². The van der Waals surface area contributed by atoms with Crippen LogP contribution in [0.1, 0.15) is 43.9 Å². The van der Waals surface area contributed by atoms with Crippen molar-refractivity contribution in [2.75, 3.05) is 7.05 Å². The summed E-state index contributed by atoms with van der Waals surface area (Å²) in [4.78, 5) is 17.3. The lowest BCUT2D eigenvalue weighted by Gasteiger charge is -2.14. The Bertz CT molecular complexity index is 361. The van der Waals surface area contributed by atoms with Crippen LogP contribution in [0, 0.1) is 0 Å². The van der Waals surface area contributed by atoms with Gasteiger partial charge in [-0.2, -0.15) is 4.98 Å². The summed E-state index contributed by atoms with van der Waals surface area (Å²) in [5.41, 5.74) is 0. The second kappa shape index (κ2) is 4.00. The van der Waals surface area contributed by atoms with Crippen molar-refractivity contribution in [3.8, 4) is 0 Å². The number of amides is 1. The molecule has 0 aromatic carbocycles.